The van der Waals surface area contributed by atoms with Gasteiger partial charge in [0.25, 0.3) is 5.91 Å². The minimum atomic E-state index is -0.143. The van der Waals surface area contributed by atoms with E-state index in [9.17, 15) is 4.79 Å². The molecule has 35 heavy (non-hydrogen) atoms. The monoisotopic (exact) mass is 528 g/mol. The Morgan fingerprint density at radius 3 is 2.60 bits per heavy atom. The minimum absolute atomic E-state index is 0.143. The Morgan fingerprint density at radius 2 is 1.94 bits per heavy atom. The first-order valence-electron chi connectivity index (χ1n) is 11.8. The van der Waals surface area contributed by atoms with Crippen LogP contribution in [0.5, 0.6) is 5.75 Å². The van der Waals surface area contributed by atoms with Crippen molar-refractivity contribution in [3.05, 3.63) is 74.1 Å². The van der Waals surface area contributed by atoms with Gasteiger partial charge in [0.1, 0.15) is 10.8 Å². The molecule has 0 radical (unpaired) electrons. The minimum Gasteiger partial charge on any atom is -0.492 e. The van der Waals surface area contributed by atoms with Crippen LogP contribution in [0.4, 0.5) is 10.7 Å². The number of nitrogens with zero attached hydrogens (tertiary/aromatic N) is 1. The molecule has 4 nitrogen and oxygen atoms in total. The second-order valence-corrected chi connectivity index (χ2v) is 11.8. The summed E-state index contributed by atoms with van der Waals surface area (Å²) in [5.41, 5.74) is 3.56. The summed E-state index contributed by atoms with van der Waals surface area (Å²) >= 11 is 14.0. The fraction of sp³-hybridized carbons (Fsp3) is 0.357. The van der Waals surface area contributed by atoms with Crippen molar-refractivity contribution in [3.8, 4) is 5.75 Å². The van der Waals surface area contributed by atoms with Gasteiger partial charge in [0.2, 0.25) is 0 Å². The Morgan fingerprint density at radius 1 is 1.20 bits per heavy atom. The third-order valence-electron chi connectivity index (χ3n) is 6.39. The standard InChI is InChI=1S/C28H30Cl2N2O2S/c1-5-34-23-13-6-17(14-22(23)30)16-31-27-25(26(33)32-20-10-8-19(29)9-11-20)21-12-7-18(28(2,3)4)15-24(21)35-27/h6,8-11,13-14,16,18H,5,7,12,15H2,1-4H3,(H,32,33)/t18-/m0/s1. The number of thiophene rings is 1. The zero-order valence-electron chi connectivity index (χ0n) is 20.5. The van der Waals surface area contributed by atoms with E-state index in [4.69, 9.17) is 32.9 Å². The molecule has 1 aliphatic rings. The Kier molecular flexibility index (Phi) is 7.89. The molecule has 7 heteroatoms. The molecule has 0 aliphatic heterocycles. The van der Waals surface area contributed by atoms with E-state index in [1.807, 2.05) is 25.1 Å². The lowest BCUT2D eigenvalue weighted by Crippen LogP contribution is -2.27. The second kappa shape index (κ2) is 10.7. The van der Waals surface area contributed by atoms with Crippen LogP contribution in [0.15, 0.2) is 47.5 Å². The van der Waals surface area contributed by atoms with Crippen molar-refractivity contribution in [2.75, 3.05) is 11.9 Å². The molecule has 1 N–H and O–H groups in total. The van der Waals surface area contributed by atoms with Crippen molar-refractivity contribution >= 4 is 57.3 Å². The summed E-state index contributed by atoms with van der Waals surface area (Å²) in [6.07, 6.45) is 4.67. The van der Waals surface area contributed by atoms with E-state index >= 15 is 0 Å². The van der Waals surface area contributed by atoms with Gasteiger partial charge in [-0.15, -0.1) is 11.3 Å². The van der Waals surface area contributed by atoms with Crippen molar-refractivity contribution in [1.82, 2.24) is 0 Å². The van der Waals surface area contributed by atoms with Crippen LogP contribution >= 0.6 is 34.5 Å². The Bertz CT molecular complexity index is 1240. The van der Waals surface area contributed by atoms with Crippen LogP contribution < -0.4 is 10.1 Å². The topological polar surface area (TPSA) is 50.7 Å². The number of halogens is 2. The zero-order valence-corrected chi connectivity index (χ0v) is 22.8. The van der Waals surface area contributed by atoms with Gasteiger partial charge < -0.3 is 10.1 Å². The van der Waals surface area contributed by atoms with E-state index in [1.54, 1.807) is 41.8 Å². The number of hydrogen-bond donors (Lipinski definition) is 1. The van der Waals surface area contributed by atoms with Crippen LogP contribution in [0.3, 0.4) is 0 Å². The number of amides is 1. The predicted molar refractivity (Wildman–Crippen MR) is 149 cm³/mol. The lowest BCUT2D eigenvalue weighted by molar-refractivity contribution is 0.102. The molecule has 1 aliphatic carbocycles. The molecule has 0 saturated heterocycles. The highest BCUT2D eigenvalue weighted by molar-refractivity contribution is 7.16. The van der Waals surface area contributed by atoms with Crippen molar-refractivity contribution in [2.24, 2.45) is 16.3 Å². The summed E-state index contributed by atoms with van der Waals surface area (Å²) < 4.78 is 5.53. The average molecular weight is 530 g/mol. The van der Waals surface area contributed by atoms with Crippen LogP contribution in [-0.4, -0.2) is 18.7 Å². The number of carbonyl (C=O) groups is 1. The van der Waals surface area contributed by atoms with Crippen LogP contribution in [0.25, 0.3) is 0 Å². The van der Waals surface area contributed by atoms with Crippen LogP contribution in [0, 0.1) is 11.3 Å². The first-order chi connectivity index (χ1) is 16.7. The number of aliphatic imine (C=N–C) groups is 1. The highest BCUT2D eigenvalue weighted by Gasteiger charge is 2.33. The van der Waals surface area contributed by atoms with Gasteiger partial charge >= 0.3 is 0 Å². The summed E-state index contributed by atoms with van der Waals surface area (Å²) in [4.78, 5) is 19.5. The van der Waals surface area contributed by atoms with E-state index in [2.05, 4.69) is 26.1 Å². The van der Waals surface area contributed by atoms with Gasteiger partial charge in [0.15, 0.2) is 0 Å². The number of anilines is 1. The average Bonchev–Trinajstić information content (AvgIpc) is 3.18. The van der Waals surface area contributed by atoms with Crippen LogP contribution in [0.2, 0.25) is 10.0 Å². The highest BCUT2D eigenvalue weighted by atomic mass is 35.5. The third-order valence-corrected chi connectivity index (χ3v) is 8.10. The molecule has 0 unspecified atom stereocenters. The first-order valence-corrected chi connectivity index (χ1v) is 13.4. The van der Waals surface area contributed by atoms with Gasteiger partial charge in [-0.2, -0.15) is 0 Å². The van der Waals surface area contributed by atoms with E-state index in [1.165, 1.54) is 4.88 Å². The smallest absolute Gasteiger partial charge is 0.259 e. The molecule has 2 aromatic carbocycles. The number of hydrogen-bond acceptors (Lipinski definition) is 4. The largest absolute Gasteiger partial charge is 0.492 e. The summed E-state index contributed by atoms with van der Waals surface area (Å²) in [5.74, 6) is 1.08. The second-order valence-electron chi connectivity index (χ2n) is 9.83. The van der Waals surface area contributed by atoms with Crippen molar-refractivity contribution < 1.29 is 9.53 Å². The third kappa shape index (κ3) is 6.08. The maximum atomic E-state index is 13.5. The van der Waals surface area contributed by atoms with E-state index in [-0.39, 0.29) is 11.3 Å². The van der Waals surface area contributed by atoms with Crippen molar-refractivity contribution in [3.63, 3.8) is 0 Å². The molecule has 0 saturated carbocycles. The maximum absolute atomic E-state index is 13.5. The Labute approximate surface area is 221 Å². The van der Waals surface area contributed by atoms with Crippen LogP contribution in [-0.2, 0) is 12.8 Å². The number of benzene rings is 2. The SMILES string of the molecule is CCOc1ccc(C=Nc2sc3c(c2C(=O)Nc2ccc(Cl)cc2)CC[C@H](C(C)(C)C)C3)cc1Cl. The summed E-state index contributed by atoms with van der Waals surface area (Å²) in [7, 11) is 0. The Hall–Kier alpha value is -2.34. The number of carbonyl (C=O) groups excluding carboxylic acids is 1. The quantitative estimate of drug-likeness (QED) is 0.325. The molecule has 0 fully saturated rings. The van der Waals surface area contributed by atoms with Gasteiger partial charge in [-0.3, -0.25) is 4.79 Å². The number of nitrogens with one attached hydrogen (secondary N) is 1. The molecule has 184 valence electrons. The predicted octanol–water partition coefficient (Wildman–Crippen LogP) is 8.61. The van der Waals surface area contributed by atoms with Gasteiger partial charge in [0, 0.05) is 21.8 Å². The molecule has 4 rings (SSSR count). The summed E-state index contributed by atoms with van der Waals surface area (Å²) in [6.45, 7) is 9.35. The van der Waals surface area contributed by atoms with Crippen molar-refractivity contribution in [2.45, 2.75) is 47.0 Å². The molecule has 3 aromatic rings. The highest BCUT2D eigenvalue weighted by Crippen LogP contribution is 2.45. The van der Waals surface area contributed by atoms with Crippen LogP contribution in [0.1, 0.15) is 60.5 Å². The van der Waals surface area contributed by atoms with Gasteiger partial charge in [-0.25, -0.2) is 4.99 Å². The number of rotatable bonds is 6. The summed E-state index contributed by atoms with van der Waals surface area (Å²) in [5, 5.41) is 4.92. The number of fused-ring (bicyclic) bond motifs is 1. The number of ether oxygens (including phenoxy) is 1. The lowest BCUT2D eigenvalue weighted by Gasteiger charge is -2.33. The van der Waals surface area contributed by atoms with Crippen molar-refractivity contribution in [1.29, 1.82) is 0 Å². The van der Waals surface area contributed by atoms with Gasteiger partial charge in [0.05, 0.1) is 17.2 Å². The maximum Gasteiger partial charge on any atom is 0.259 e. The fourth-order valence-electron chi connectivity index (χ4n) is 4.37. The summed E-state index contributed by atoms with van der Waals surface area (Å²) in [6, 6.07) is 12.7. The fourth-order valence-corrected chi connectivity index (χ4v) is 6.00. The molecule has 1 amide bonds. The molecular formula is C28H30Cl2N2O2S. The van der Waals surface area contributed by atoms with E-state index in [0.29, 0.717) is 39.6 Å². The molecule has 0 spiro atoms. The normalized spacial score (nSPS) is 15.8. The molecule has 1 atom stereocenters. The lowest BCUT2D eigenvalue weighted by atomic mass is 9.72. The molecular weight excluding hydrogens is 499 g/mol. The van der Waals surface area contributed by atoms with Gasteiger partial charge in [-0.1, -0.05) is 44.0 Å². The molecule has 1 aromatic heterocycles. The van der Waals surface area contributed by atoms with E-state index in [0.717, 1.165) is 35.4 Å². The Balaban J connectivity index is 1.68. The van der Waals surface area contributed by atoms with Gasteiger partial charge in [-0.05, 0) is 91.1 Å². The zero-order chi connectivity index (χ0) is 25.2. The van der Waals surface area contributed by atoms with E-state index < -0.39 is 0 Å². The first kappa shape index (κ1) is 25.7. The molecule has 1 heterocycles. The molecule has 0 bridgehead atoms.